The molecule has 2 amide bonds. The Bertz CT molecular complexity index is 330. The molecule has 6 heteroatoms. The van der Waals surface area contributed by atoms with Crippen LogP contribution in [-0.2, 0) is 19.1 Å². The zero-order valence-electron chi connectivity index (χ0n) is 10.8. The molecule has 2 atom stereocenters. The van der Waals surface area contributed by atoms with Crippen LogP contribution in [0.2, 0.25) is 0 Å². The molecule has 0 aromatic heterocycles. The zero-order chi connectivity index (χ0) is 13.1. The maximum Gasteiger partial charge on any atom is 0.252 e. The Hall–Kier alpha value is -1.14. The van der Waals surface area contributed by atoms with Crippen molar-refractivity contribution >= 4 is 11.8 Å². The Morgan fingerprint density at radius 2 is 2.17 bits per heavy atom. The predicted molar refractivity (Wildman–Crippen MR) is 64.0 cm³/mol. The first-order chi connectivity index (χ1) is 8.63. The molecule has 0 spiro atoms. The topological polar surface area (TPSA) is 67.9 Å². The molecule has 1 aliphatic heterocycles. The van der Waals surface area contributed by atoms with Crippen LogP contribution in [0.1, 0.15) is 19.8 Å². The molecule has 2 aliphatic rings. The zero-order valence-corrected chi connectivity index (χ0v) is 10.8. The van der Waals surface area contributed by atoms with Crippen molar-refractivity contribution in [2.45, 2.75) is 38.0 Å². The minimum atomic E-state index is -0.528. The second-order valence-electron chi connectivity index (χ2n) is 4.78. The van der Waals surface area contributed by atoms with Gasteiger partial charge in [-0.1, -0.05) is 0 Å². The lowest BCUT2D eigenvalue weighted by atomic mass is 10.2. The van der Waals surface area contributed by atoms with Crippen LogP contribution in [0.5, 0.6) is 0 Å². The van der Waals surface area contributed by atoms with Gasteiger partial charge < -0.3 is 19.7 Å². The lowest BCUT2D eigenvalue weighted by Crippen LogP contribution is -2.58. The van der Waals surface area contributed by atoms with Crippen LogP contribution in [0.3, 0.4) is 0 Å². The minimum absolute atomic E-state index is 0.117. The number of amides is 2. The van der Waals surface area contributed by atoms with Crippen LogP contribution in [0.25, 0.3) is 0 Å². The first-order valence-electron chi connectivity index (χ1n) is 6.35. The Balaban J connectivity index is 1.99. The first-order valence-corrected chi connectivity index (χ1v) is 6.35. The van der Waals surface area contributed by atoms with E-state index in [1.807, 2.05) is 0 Å². The molecular formula is C12H20N2O4. The Morgan fingerprint density at radius 3 is 2.78 bits per heavy atom. The van der Waals surface area contributed by atoms with Gasteiger partial charge >= 0.3 is 0 Å². The summed E-state index contributed by atoms with van der Waals surface area (Å²) in [6, 6.07) is -0.235. The summed E-state index contributed by atoms with van der Waals surface area (Å²) in [6.07, 6.45) is 1.53. The van der Waals surface area contributed by atoms with Crippen LogP contribution in [0, 0.1) is 0 Å². The molecule has 1 saturated heterocycles. The summed E-state index contributed by atoms with van der Waals surface area (Å²) in [5, 5.41) is 2.91. The van der Waals surface area contributed by atoms with Crippen LogP contribution in [0.4, 0.5) is 0 Å². The lowest BCUT2D eigenvalue weighted by molar-refractivity contribution is -0.155. The van der Waals surface area contributed by atoms with Gasteiger partial charge in [0, 0.05) is 19.7 Å². The van der Waals surface area contributed by atoms with Gasteiger partial charge in [0.2, 0.25) is 5.91 Å². The highest BCUT2D eigenvalue weighted by Gasteiger charge is 2.36. The van der Waals surface area contributed by atoms with Crippen molar-refractivity contribution in [3.63, 3.8) is 0 Å². The molecule has 1 heterocycles. The standard InChI is InChI=1S/C12H20N2O4/c1-8(17-2)12(16)14-5-6-18-7-10(14)11(15)13-9-3-4-9/h8-10H,3-7H2,1-2H3,(H,13,15). The highest BCUT2D eigenvalue weighted by atomic mass is 16.5. The fourth-order valence-electron chi connectivity index (χ4n) is 1.94. The molecule has 18 heavy (non-hydrogen) atoms. The van der Waals surface area contributed by atoms with E-state index in [1.165, 1.54) is 7.11 Å². The average Bonchev–Trinajstić information content (AvgIpc) is 3.20. The highest BCUT2D eigenvalue weighted by molar-refractivity contribution is 5.89. The summed E-state index contributed by atoms with van der Waals surface area (Å²) in [6.45, 7) is 2.86. The quantitative estimate of drug-likeness (QED) is 0.738. The van der Waals surface area contributed by atoms with E-state index in [9.17, 15) is 9.59 Å². The maximum absolute atomic E-state index is 12.1. The largest absolute Gasteiger partial charge is 0.377 e. The second kappa shape index (κ2) is 5.67. The summed E-state index contributed by atoms with van der Waals surface area (Å²) >= 11 is 0. The van der Waals surface area contributed by atoms with Crippen molar-refractivity contribution in [1.82, 2.24) is 10.2 Å². The molecule has 0 aromatic carbocycles. The molecule has 6 nitrogen and oxygen atoms in total. The number of nitrogens with zero attached hydrogens (tertiary/aromatic N) is 1. The Labute approximate surface area is 107 Å². The normalized spacial score (nSPS) is 25.7. The average molecular weight is 256 g/mol. The van der Waals surface area contributed by atoms with Crippen LogP contribution in [-0.4, -0.2) is 61.8 Å². The number of carbonyl (C=O) groups excluding carboxylic acids is 2. The summed E-state index contributed by atoms with van der Waals surface area (Å²) in [4.78, 5) is 25.7. The molecule has 0 radical (unpaired) electrons. The van der Waals surface area contributed by atoms with E-state index in [-0.39, 0.29) is 24.5 Å². The second-order valence-corrected chi connectivity index (χ2v) is 4.78. The van der Waals surface area contributed by atoms with Gasteiger partial charge in [-0.05, 0) is 19.8 Å². The van der Waals surface area contributed by atoms with Crippen LogP contribution in [0.15, 0.2) is 0 Å². The van der Waals surface area contributed by atoms with Crippen molar-refractivity contribution in [3.05, 3.63) is 0 Å². The summed E-state index contributed by atoms with van der Waals surface area (Å²) < 4.78 is 10.3. The van der Waals surface area contributed by atoms with Crippen molar-refractivity contribution in [2.75, 3.05) is 26.9 Å². The molecule has 0 bridgehead atoms. The van der Waals surface area contributed by atoms with E-state index in [0.717, 1.165) is 12.8 Å². The molecule has 102 valence electrons. The van der Waals surface area contributed by atoms with E-state index in [1.54, 1.807) is 11.8 Å². The lowest BCUT2D eigenvalue weighted by Gasteiger charge is -2.35. The fraction of sp³-hybridized carbons (Fsp3) is 0.833. The van der Waals surface area contributed by atoms with Crippen molar-refractivity contribution in [1.29, 1.82) is 0 Å². The molecule has 2 rings (SSSR count). The van der Waals surface area contributed by atoms with E-state index < -0.39 is 12.1 Å². The van der Waals surface area contributed by atoms with Gasteiger partial charge in [-0.25, -0.2) is 0 Å². The summed E-state index contributed by atoms with van der Waals surface area (Å²) in [5.74, 6) is -0.273. The van der Waals surface area contributed by atoms with E-state index >= 15 is 0 Å². The van der Waals surface area contributed by atoms with E-state index in [2.05, 4.69) is 5.32 Å². The highest BCUT2D eigenvalue weighted by Crippen LogP contribution is 2.20. The van der Waals surface area contributed by atoms with Gasteiger partial charge in [-0.15, -0.1) is 0 Å². The molecule has 2 fully saturated rings. The number of ether oxygens (including phenoxy) is 2. The summed E-state index contributed by atoms with van der Waals surface area (Å²) in [5.41, 5.74) is 0. The summed E-state index contributed by atoms with van der Waals surface area (Å²) in [7, 11) is 1.49. The number of hydrogen-bond acceptors (Lipinski definition) is 4. The maximum atomic E-state index is 12.1. The fourth-order valence-corrected chi connectivity index (χ4v) is 1.94. The molecule has 1 saturated carbocycles. The molecule has 1 aliphatic carbocycles. The van der Waals surface area contributed by atoms with Crippen molar-refractivity contribution in [2.24, 2.45) is 0 Å². The van der Waals surface area contributed by atoms with Crippen molar-refractivity contribution in [3.8, 4) is 0 Å². The number of rotatable bonds is 4. The van der Waals surface area contributed by atoms with Gasteiger partial charge in [0.05, 0.1) is 13.2 Å². The molecule has 0 aromatic rings. The molecule has 2 unspecified atom stereocenters. The Morgan fingerprint density at radius 1 is 1.44 bits per heavy atom. The van der Waals surface area contributed by atoms with E-state index in [0.29, 0.717) is 13.2 Å². The van der Waals surface area contributed by atoms with Crippen molar-refractivity contribution < 1.29 is 19.1 Å². The predicted octanol–water partition coefficient (Wildman–Crippen LogP) is -0.473. The third-order valence-electron chi connectivity index (χ3n) is 3.34. The molecule has 1 N–H and O–H groups in total. The Kier molecular flexibility index (Phi) is 4.19. The minimum Gasteiger partial charge on any atom is -0.377 e. The van der Waals surface area contributed by atoms with Gasteiger partial charge in [-0.2, -0.15) is 0 Å². The SMILES string of the molecule is COC(C)C(=O)N1CCOCC1C(=O)NC1CC1. The van der Waals surface area contributed by atoms with Gasteiger partial charge in [0.1, 0.15) is 12.1 Å². The number of methoxy groups -OCH3 is 1. The van der Waals surface area contributed by atoms with Crippen LogP contribution < -0.4 is 5.32 Å². The number of nitrogens with one attached hydrogen (secondary N) is 1. The number of hydrogen-bond donors (Lipinski definition) is 1. The first kappa shape index (κ1) is 13.3. The number of carbonyl (C=O) groups is 2. The third-order valence-corrected chi connectivity index (χ3v) is 3.34. The van der Waals surface area contributed by atoms with E-state index in [4.69, 9.17) is 9.47 Å². The smallest absolute Gasteiger partial charge is 0.252 e. The monoisotopic (exact) mass is 256 g/mol. The molecular weight excluding hydrogens is 236 g/mol. The van der Waals surface area contributed by atoms with Gasteiger partial charge in [-0.3, -0.25) is 9.59 Å². The van der Waals surface area contributed by atoms with Gasteiger partial charge in [0.15, 0.2) is 0 Å². The van der Waals surface area contributed by atoms with Crippen LogP contribution >= 0.6 is 0 Å². The van der Waals surface area contributed by atoms with Gasteiger partial charge in [0.25, 0.3) is 5.91 Å². The number of morpholine rings is 1. The third kappa shape index (κ3) is 3.00.